The number of rotatable bonds is 5. The summed E-state index contributed by atoms with van der Waals surface area (Å²) in [6, 6.07) is 11.0. The molecule has 7 heteroatoms. The maximum Gasteiger partial charge on any atom is 0.228 e. The van der Waals surface area contributed by atoms with E-state index in [-0.39, 0.29) is 11.8 Å². The van der Waals surface area contributed by atoms with E-state index in [1.807, 2.05) is 24.3 Å². The fraction of sp³-hybridized carbons (Fsp3) is 0.353. The Morgan fingerprint density at radius 1 is 1.08 bits per heavy atom. The minimum atomic E-state index is -0.0246. The third kappa shape index (κ3) is 4.20. The maximum atomic E-state index is 12.1. The molecule has 1 amide bonds. The minimum Gasteiger partial charge on any atom is -0.497 e. The first-order valence-corrected chi connectivity index (χ1v) is 7.88. The smallest absolute Gasteiger partial charge is 0.228 e. The van der Waals surface area contributed by atoms with Gasteiger partial charge in [-0.2, -0.15) is 0 Å². The van der Waals surface area contributed by atoms with Crippen molar-refractivity contribution in [2.45, 2.75) is 12.8 Å². The Kier molecular flexibility index (Phi) is 5.22. The number of aromatic nitrogens is 2. The van der Waals surface area contributed by atoms with Crippen LogP contribution in [-0.4, -0.2) is 36.4 Å². The summed E-state index contributed by atoms with van der Waals surface area (Å²) < 4.78 is 10.4. The van der Waals surface area contributed by atoms with Gasteiger partial charge in [-0.1, -0.05) is 0 Å². The Morgan fingerprint density at radius 2 is 1.75 bits per heavy atom. The van der Waals surface area contributed by atoms with Gasteiger partial charge in [0.05, 0.1) is 7.11 Å². The third-order valence-corrected chi connectivity index (χ3v) is 3.87. The molecule has 24 heavy (non-hydrogen) atoms. The molecule has 2 heterocycles. The van der Waals surface area contributed by atoms with Crippen molar-refractivity contribution < 1.29 is 14.3 Å². The first kappa shape index (κ1) is 16.2. The molecule has 0 bridgehead atoms. The fourth-order valence-corrected chi connectivity index (χ4v) is 2.48. The Balaban J connectivity index is 1.57. The van der Waals surface area contributed by atoms with E-state index in [2.05, 4.69) is 20.8 Å². The van der Waals surface area contributed by atoms with Gasteiger partial charge in [0.15, 0.2) is 11.6 Å². The van der Waals surface area contributed by atoms with Crippen LogP contribution in [0.15, 0.2) is 36.4 Å². The summed E-state index contributed by atoms with van der Waals surface area (Å²) >= 11 is 0. The van der Waals surface area contributed by atoms with Gasteiger partial charge >= 0.3 is 0 Å². The van der Waals surface area contributed by atoms with E-state index in [9.17, 15) is 4.79 Å². The molecule has 1 aliphatic rings. The van der Waals surface area contributed by atoms with Gasteiger partial charge in [0.1, 0.15) is 5.75 Å². The molecule has 0 aliphatic carbocycles. The fourth-order valence-electron chi connectivity index (χ4n) is 2.48. The number of hydrogen-bond donors (Lipinski definition) is 2. The Morgan fingerprint density at radius 3 is 2.38 bits per heavy atom. The van der Waals surface area contributed by atoms with Crippen LogP contribution >= 0.6 is 0 Å². The molecule has 126 valence electrons. The molecule has 1 fully saturated rings. The summed E-state index contributed by atoms with van der Waals surface area (Å²) in [5.74, 6) is 1.80. The van der Waals surface area contributed by atoms with Gasteiger partial charge in [-0.3, -0.25) is 4.79 Å². The Hall–Kier alpha value is -2.67. The summed E-state index contributed by atoms with van der Waals surface area (Å²) in [7, 11) is 1.63. The van der Waals surface area contributed by atoms with Gasteiger partial charge in [0, 0.05) is 24.8 Å². The van der Waals surface area contributed by atoms with Gasteiger partial charge in [-0.25, -0.2) is 0 Å². The standard InChI is InChI=1S/C17H20N4O3/c1-23-14-4-2-13(3-5-14)18-15-6-7-16(21-20-15)19-17(22)12-8-10-24-11-9-12/h2-7,12H,8-11H2,1H3,(H,18,20)(H,19,21,22). The molecule has 1 aliphatic heterocycles. The number of ether oxygens (including phenoxy) is 2. The molecule has 7 nitrogen and oxygen atoms in total. The average molecular weight is 328 g/mol. The predicted molar refractivity (Wildman–Crippen MR) is 90.5 cm³/mol. The van der Waals surface area contributed by atoms with Crippen LogP contribution in [-0.2, 0) is 9.53 Å². The molecule has 0 spiro atoms. The highest BCUT2D eigenvalue weighted by Gasteiger charge is 2.21. The lowest BCUT2D eigenvalue weighted by atomic mass is 9.99. The minimum absolute atomic E-state index is 0.0161. The highest BCUT2D eigenvalue weighted by atomic mass is 16.5. The van der Waals surface area contributed by atoms with Gasteiger partial charge in [-0.15, -0.1) is 10.2 Å². The van der Waals surface area contributed by atoms with Crippen molar-refractivity contribution in [2.75, 3.05) is 31.0 Å². The van der Waals surface area contributed by atoms with E-state index in [1.54, 1.807) is 19.2 Å². The molecule has 3 rings (SSSR count). The van der Waals surface area contributed by atoms with Crippen LogP contribution in [0.5, 0.6) is 5.75 Å². The summed E-state index contributed by atoms with van der Waals surface area (Å²) in [5.41, 5.74) is 0.879. The number of carbonyl (C=O) groups excluding carboxylic acids is 1. The molecule has 2 aromatic rings. The first-order valence-electron chi connectivity index (χ1n) is 7.88. The number of methoxy groups -OCH3 is 1. The van der Waals surface area contributed by atoms with Crippen molar-refractivity contribution in [1.29, 1.82) is 0 Å². The zero-order valence-corrected chi connectivity index (χ0v) is 13.5. The molecular weight excluding hydrogens is 308 g/mol. The van der Waals surface area contributed by atoms with Crippen LogP contribution in [0.4, 0.5) is 17.3 Å². The van der Waals surface area contributed by atoms with Crippen molar-refractivity contribution in [3.05, 3.63) is 36.4 Å². The normalized spacial score (nSPS) is 14.9. The van der Waals surface area contributed by atoms with Crippen molar-refractivity contribution in [3.63, 3.8) is 0 Å². The van der Waals surface area contributed by atoms with Crippen molar-refractivity contribution in [3.8, 4) is 5.75 Å². The first-order chi connectivity index (χ1) is 11.7. The Labute approximate surface area is 140 Å². The SMILES string of the molecule is COc1ccc(Nc2ccc(NC(=O)C3CCOCC3)nn2)cc1. The second-order valence-corrected chi connectivity index (χ2v) is 5.53. The second kappa shape index (κ2) is 7.74. The van der Waals surface area contributed by atoms with Crippen LogP contribution in [0.25, 0.3) is 0 Å². The van der Waals surface area contributed by atoms with Crippen LogP contribution in [0.1, 0.15) is 12.8 Å². The predicted octanol–water partition coefficient (Wildman–Crippen LogP) is 2.59. The molecule has 0 radical (unpaired) electrons. The lowest BCUT2D eigenvalue weighted by Gasteiger charge is -2.20. The molecule has 1 aromatic carbocycles. The van der Waals surface area contributed by atoms with Crippen LogP contribution in [0.2, 0.25) is 0 Å². The molecule has 0 saturated carbocycles. The number of carbonyl (C=O) groups is 1. The molecule has 1 aromatic heterocycles. The van der Waals surface area contributed by atoms with Gasteiger partial charge in [-0.05, 0) is 49.2 Å². The highest BCUT2D eigenvalue weighted by molar-refractivity contribution is 5.91. The lowest BCUT2D eigenvalue weighted by molar-refractivity contribution is -0.122. The van der Waals surface area contributed by atoms with Gasteiger partial charge < -0.3 is 20.1 Å². The van der Waals surface area contributed by atoms with Crippen molar-refractivity contribution in [1.82, 2.24) is 10.2 Å². The Bertz CT molecular complexity index is 667. The monoisotopic (exact) mass is 328 g/mol. The quantitative estimate of drug-likeness (QED) is 0.877. The zero-order chi connectivity index (χ0) is 16.8. The lowest BCUT2D eigenvalue weighted by Crippen LogP contribution is -2.28. The molecule has 0 atom stereocenters. The number of hydrogen-bond acceptors (Lipinski definition) is 6. The molecule has 0 unspecified atom stereocenters. The summed E-state index contributed by atoms with van der Waals surface area (Å²) in [5, 5.41) is 14.1. The van der Waals surface area contributed by atoms with Crippen molar-refractivity contribution in [2.24, 2.45) is 5.92 Å². The van der Waals surface area contributed by atoms with Crippen LogP contribution in [0, 0.1) is 5.92 Å². The van der Waals surface area contributed by atoms with Crippen LogP contribution in [0.3, 0.4) is 0 Å². The van der Waals surface area contributed by atoms with E-state index in [0.717, 1.165) is 24.3 Å². The van der Waals surface area contributed by atoms with Gasteiger partial charge in [0.25, 0.3) is 0 Å². The number of nitrogens with zero attached hydrogens (tertiary/aromatic N) is 2. The second-order valence-electron chi connectivity index (χ2n) is 5.53. The van der Waals surface area contributed by atoms with Crippen molar-refractivity contribution >= 4 is 23.2 Å². The van der Waals surface area contributed by atoms with Crippen LogP contribution < -0.4 is 15.4 Å². The number of nitrogens with one attached hydrogen (secondary N) is 2. The summed E-state index contributed by atoms with van der Waals surface area (Å²) in [4.78, 5) is 12.1. The topological polar surface area (TPSA) is 85.4 Å². The molecular formula is C17H20N4O3. The molecule has 2 N–H and O–H groups in total. The van der Waals surface area contributed by atoms with E-state index in [4.69, 9.17) is 9.47 Å². The number of amides is 1. The molecule has 1 saturated heterocycles. The largest absolute Gasteiger partial charge is 0.497 e. The van der Waals surface area contributed by atoms with Gasteiger partial charge in [0.2, 0.25) is 5.91 Å². The van der Waals surface area contributed by atoms with E-state index >= 15 is 0 Å². The third-order valence-electron chi connectivity index (χ3n) is 3.87. The summed E-state index contributed by atoms with van der Waals surface area (Å²) in [6.45, 7) is 1.27. The average Bonchev–Trinajstić information content (AvgIpc) is 2.65. The number of anilines is 3. The van der Waals surface area contributed by atoms with E-state index in [1.165, 1.54) is 0 Å². The van der Waals surface area contributed by atoms with E-state index < -0.39 is 0 Å². The number of benzene rings is 1. The maximum absolute atomic E-state index is 12.1. The zero-order valence-electron chi connectivity index (χ0n) is 13.5. The summed E-state index contributed by atoms with van der Waals surface area (Å²) in [6.07, 6.45) is 1.49. The van der Waals surface area contributed by atoms with E-state index in [0.29, 0.717) is 24.8 Å². The highest BCUT2D eigenvalue weighted by Crippen LogP contribution is 2.20.